The van der Waals surface area contributed by atoms with E-state index in [1.807, 2.05) is 0 Å². The summed E-state index contributed by atoms with van der Waals surface area (Å²) >= 11 is 2.98. The fourth-order valence-electron chi connectivity index (χ4n) is 2.24. The number of nitrogens with one attached hydrogen (secondary N) is 1. The Balaban J connectivity index is 2.06. The fourth-order valence-corrected chi connectivity index (χ4v) is 3.73. The van der Waals surface area contributed by atoms with Crippen molar-refractivity contribution >= 4 is 31.9 Å². The van der Waals surface area contributed by atoms with Gasteiger partial charge in [-0.3, -0.25) is 4.79 Å². The summed E-state index contributed by atoms with van der Waals surface area (Å²) in [7, 11) is -3.81. The van der Waals surface area contributed by atoms with Crippen LogP contribution < -0.4 is 4.72 Å². The lowest BCUT2D eigenvalue weighted by molar-refractivity contribution is -0.127. The molecule has 1 heterocycles. The van der Waals surface area contributed by atoms with E-state index in [-0.39, 0.29) is 15.3 Å². The van der Waals surface area contributed by atoms with Gasteiger partial charge in [0.25, 0.3) is 0 Å². The van der Waals surface area contributed by atoms with Crippen LogP contribution in [0.3, 0.4) is 0 Å². The van der Waals surface area contributed by atoms with Crippen LogP contribution >= 0.6 is 15.9 Å². The Bertz CT molecular complexity index is 651. The molecule has 1 aliphatic rings. The standard InChI is InChI=1S/C13H16BrFN2O3S/c1-9(8-17-6-2-3-13(17)18)16-21(19,20)10-4-5-11(14)12(15)7-10/h4-5,7,9,16H,2-3,6,8H2,1H3. The smallest absolute Gasteiger partial charge is 0.240 e. The zero-order valence-corrected chi connectivity index (χ0v) is 13.9. The van der Waals surface area contributed by atoms with Crippen molar-refractivity contribution in [1.82, 2.24) is 9.62 Å². The van der Waals surface area contributed by atoms with Gasteiger partial charge in [0.2, 0.25) is 15.9 Å². The van der Waals surface area contributed by atoms with Crippen LogP contribution in [0.4, 0.5) is 4.39 Å². The first-order valence-corrected chi connectivity index (χ1v) is 8.82. The fraction of sp³-hybridized carbons (Fsp3) is 0.462. The van der Waals surface area contributed by atoms with Gasteiger partial charge in [0, 0.05) is 25.6 Å². The van der Waals surface area contributed by atoms with Crippen LogP contribution in [0.5, 0.6) is 0 Å². The van der Waals surface area contributed by atoms with Crippen LogP contribution in [-0.4, -0.2) is 38.4 Å². The Kier molecular flexibility index (Phi) is 5.00. The van der Waals surface area contributed by atoms with Crippen molar-refractivity contribution in [3.05, 3.63) is 28.5 Å². The minimum Gasteiger partial charge on any atom is -0.341 e. The van der Waals surface area contributed by atoms with Crippen LogP contribution in [0, 0.1) is 5.82 Å². The monoisotopic (exact) mass is 378 g/mol. The molecule has 5 nitrogen and oxygen atoms in total. The molecule has 21 heavy (non-hydrogen) atoms. The molecule has 0 aromatic heterocycles. The molecule has 0 aliphatic carbocycles. The Morgan fingerprint density at radius 2 is 2.19 bits per heavy atom. The summed E-state index contributed by atoms with van der Waals surface area (Å²) < 4.78 is 40.4. The van der Waals surface area contributed by atoms with Crippen LogP contribution in [0.1, 0.15) is 19.8 Å². The van der Waals surface area contributed by atoms with Gasteiger partial charge in [-0.05, 0) is 47.5 Å². The van der Waals surface area contributed by atoms with Gasteiger partial charge in [-0.1, -0.05) is 0 Å². The van der Waals surface area contributed by atoms with Gasteiger partial charge in [-0.15, -0.1) is 0 Å². The van der Waals surface area contributed by atoms with E-state index in [0.717, 1.165) is 12.5 Å². The number of carbonyl (C=O) groups excluding carboxylic acids is 1. The van der Waals surface area contributed by atoms with E-state index in [1.165, 1.54) is 12.1 Å². The van der Waals surface area contributed by atoms with Crippen molar-refractivity contribution in [2.45, 2.75) is 30.7 Å². The zero-order chi connectivity index (χ0) is 15.6. The summed E-state index contributed by atoms with van der Waals surface area (Å²) in [5.41, 5.74) is 0. The summed E-state index contributed by atoms with van der Waals surface area (Å²) in [5, 5.41) is 0. The van der Waals surface area contributed by atoms with Gasteiger partial charge < -0.3 is 4.90 Å². The number of carbonyl (C=O) groups is 1. The van der Waals surface area contributed by atoms with Gasteiger partial charge in [-0.25, -0.2) is 17.5 Å². The average Bonchev–Trinajstić information content (AvgIpc) is 2.77. The summed E-state index contributed by atoms with van der Waals surface area (Å²) in [6.45, 7) is 2.65. The lowest BCUT2D eigenvalue weighted by Crippen LogP contribution is -2.42. The predicted molar refractivity (Wildman–Crippen MR) is 79.7 cm³/mol. The van der Waals surface area contributed by atoms with E-state index >= 15 is 0 Å². The number of halogens is 2. The second-order valence-corrected chi connectivity index (χ2v) is 7.61. The zero-order valence-electron chi connectivity index (χ0n) is 11.5. The van der Waals surface area contributed by atoms with Crippen LogP contribution in [0.25, 0.3) is 0 Å². The average molecular weight is 379 g/mol. The second-order valence-electron chi connectivity index (χ2n) is 5.04. The maximum Gasteiger partial charge on any atom is 0.240 e. The van der Waals surface area contributed by atoms with Gasteiger partial charge >= 0.3 is 0 Å². The van der Waals surface area contributed by atoms with E-state index in [0.29, 0.717) is 19.5 Å². The molecule has 1 N–H and O–H groups in total. The Morgan fingerprint density at radius 1 is 1.48 bits per heavy atom. The predicted octanol–water partition coefficient (Wildman–Crippen LogP) is 1.88. The highest BCUT2D eigenvalue weighted by molar-refractivity contribution is 9.10. The lowest BCUT2D eigenvalue weighted by Gasteiger charge is -2.21. The molecular formula is C13H16BrFN2O3S. The maximum atomic E-state index is 13.4. The molecule has 1 aliphatic heterocycles. The maximum absolute atomic E-state index is 13.4. The van der Waals surface area contributed by atoms with Crippen molar-refractivity contribution in [3.63, 3.8) is 0 Å². The number of sulfonamides is 1. The first-order valence-electron chi connectivity index (χ1n) is 6.55. The molecule has 2 rings (SSSR count). The first kappa shape index (κ1) is 16.4. The number of hydrogen-bond acceptors (Lipinski definition) is 3. The van der Waals surface area contributed by atoms with Gasteiger partial charge in [0.1, 0.15) is 5.82 Å². The minimum absolute atomic E-state index is 0.0377. The molecule has 8 heteroatoms. The quantitative estimate of drug-likeness (QED) is 0.850. The number of benzene rings is 1. The van der Waals surface area contributed by atoms with Gasteiger partial charge in [0.15, 0.2) is 0 Å². The minimum atomic E-state index is -3.81. The summed E-state index contributed by atoms with van der Waals surface area (Å²) in [6, 6.07) is 3.19. The summed E-state index contributed by atoms with van der Waals surface area (Å²) in [5.74, 6) is -0.601. The second kappa shape index (κ2) is 6.41. The molecule has 1 fully saturated rings. The van der Waals surface area contributed by atoms with Crippen molar-refractivity contribution in [1.29, 1.82) is 0 Å². The molecule has 1 saturated heterocycles. The van der Waals surface area contributed by atoms with Crippen LogP contribution in [0.2, 0.25) is 0 Å². The molecule has 1 aromatic rings. The summed E-state index contributed by atoms with van der Waals surface area (Å²) in [6.07, 6.45) is 1.31. The van der Waals surface area contributed by atoms with Crippen molar-refractivity contribution in [2.24, 2.45) is 0 Å². The molecular weight excluding hydrogens is 363 g/mol. The third-order valence-corrected chi connectivity index (χ3v) is 5.45. The van der Waals surface area contributed by atoms with E-state index in [2.05, 4.69) is 20.7 Å². The molecule has 1 aromatic carbocycles. The van der Waals surface area contributed by atoms with Crippen molar-refractivity contribution in [3.8, 4) is 0 Å². The Labute approximate surface area is 131 Å². The molecule has 1 unspecified atom stereocenters. The number of amides is 1. The lowest BCUT2D eigenvalue weighted by atomic mass is 10.3. The SMILES string of the molecule is CC(CN1CCCC1=O)NS(=O)(=O)c1ccc(Br)c(F)c1. The number of rotatable bonds is 5. The molecule has 1 amide bonds. The van der Waals surface area contributed by atoms with E-state index in [9.17, 15) is 17.6 Å². The molecule has 0 saturated carbocycles. The van der Waals surface area contributed by atoms with Gasteiger partial charge in [0.05, 0.1) is 9.37 Å². The molecule has 0 bridgehead atoms. The third kappa shape index (κ3) is 4.02. The Morgan fingerprint density at radius 3 is 2.76 bits per heavy atom. The third-order valence-electron chi connectivity index (χ3n) is 3.22. The highest BCUT2D eigenvalue weighted by atomic mass is 79.9. The molecule has 116 valence electrons. The highest BCUT2D eigenvalue weighted by Gasteiger charge is 2.24. The van der Waals surface area contributed by atoms with Crippen molar-refractivity contribution in [2.75, 3.05) is 13.1 Å². The van der Waals surface area contributed by atoms with Gasteiger partial charge in [-0.2, -0.15) is 0 Å². The van der Waals surface area contributed by atoms with E-state index < -0.39 is 21.9 Å². The number of nitrogens with zero attached hydrogens (tertiary/aromatic N) is 1. The normalized spacial score (nSPS) is 17.3. The van der Waals surface area contributed by atoms with Crippen LogP contribution in [-0.2, 0) is 14.8 Å². The largest absolute Gasteiger partial charge is 0.341 e. The molecule has 0 radical (unpaired) electrons. The number of hydrogen-bond donors (Lipinski definition) is 1. The van der Waals surface area contributed by atoms with E-state index in [4.69, 9.17) is 0 Å². The molecule has 1 atom stereocenters. The summed E-state index contributed by atoms with van der Waals surface area (Å²) in [4.78, 5) is 13.0. The van der Waals surface area contributed by atoms with E-state index in [1.54, 1.807) is 11.8 Å². The topological polar surface area (TPSA) is 66.5 Å². The highest BCUT2D eigenvalue weighted by Crippen LogP contribution is 2.19. The van der Waals surface area contributed by atoms with Crippen LogP contribution in [0.15, 0.2) is 27.6 Å². The molecule has 0 spiro atoms. The first-order chi connectivity index (χ1) is 9.79. The van der Waals surface area contributed by atoms with Crippen molar-refractivity contribution < 1.29 is 17.6 Å². The number of likely N-dealkylation sites (tertiary alicyclic amines) is 1. The Hall–Kier alpha value is -0.990.